The molecule has 3 N–H and O–H groups in total. The summed E-state index contributed by atoms with van der Waals surface area (Å²) >= 11 is 1.14. The molecule has 0 aliphatic rings. The first-order chi connectivity index (χ1) is 9.56. The van der Waals surface area contributed by atoms with Crippen LogP contribution in [0.3, 0.4) is 0 Å². The highest BCUT2D eigenvalue weighted by molar-refractivity contribution is 7.11. The quantitative estimate of drug-likeness (QED) is 0.770. The van der Waals surface area contributed by atoms with Crippen molar-refractivity contribution in [3.05, 3.63) is 46.4 Å². The van der Waals surface area contributed by atoms with Gasteiger partial charge in [-0.15, -0.1) is 11.3 Å². The fourth-order valence-corrected chi connectivity index (χ4v) is 2.15. The van der Waals surface area contributed by atoms with Crippen LogP contribution in [0.5, 0.6) is 5.75 Å². The number of carbonyl (C=O) groups is 2. The van der Waals surface area contributed by atoms with Crippen molar-refractivity contribution in [1.82, 2.24) is 10.3 Å². The second-order valence-electron chi connectivity index (χ2n) is 4.10. The Kier molecular flexibility index (Phi) is 4.31. The molecule has 104 valence electrons. The maximum absolute atomic E-state index is 11.8. The third kappa shape index (κ3) is 3.55. The number of carboxylic acids is 1. The number of phenols is 1. The SMILES string of the molecule is O=C(NC(Cc1ccc(O)cc1)C(=O)O)c1cncs1. The van der Waals surface area contributed by atoms with Crippen LogP contribution in [0.4, 0.5) is 0 Å². The van der Waals surface area contributed by atoms with Crippen molar-refractivity contribution >= 4 is 23.2 Å². The van der Waals surface area contributed by atoms with Gasteiger partial charge in [0.25, 0.3) is 5.91 Å². The first-order valence-electron chi connectivity index (χ1n) is 5.76. The lowest BCUT2D eigenvalue weighted by molar-refractivity contribution is -0.139. The number of rotatable bonds is 5. The molecule has 1 unspecified atom stereocenters. The average molecular weight is 292 g/mol. The molecule has 0 aliphatic heterocycles. The molecule has 0 saturated carbocycles. The standard InChI is InChI=1S/C13H12N2O4S/c16-9-3-1-8(2-4-9)5-10(13(18)19)15-12(17)11-6-14-7-20-11/h1-4,6-7,10,16H,5H2,(H,15,17)(H,18,19). The van der Waals surface area contributed by atoms with Crippen molar-refractivity contribution in [3.8, 4) is 5.75 Å². The number of carbonyl (C=O) groups excluding carboxylic acids is 1. The summed E-state index contributed by atoms with van der Waals surface area (Å²) in [5.74, 6) is -1.47. The van der Waals surface area contributed by atoms with Crippen LogP contribution in [0.25, 0.3) is 0 Å². The molecule has 1 amide bonds. The van der Waals surface area contributed by atoms with Crippen LogP contribution >= 0.6 is 11.3 Å². The predicted molar refractivity (Wildman–Crippen MR) is 72.8 cm³/mol. The van der Waals surface area contributed by atoms with Crippen LogP contribution in [-0.4, -0.2) is 33.1 Å². The van der Waals surface area contributed by atoms with Gasteiger partial charge in [0.2, 0.25) is 0 Å². The molecule has 0 radical (unpaired) electrons. The number of hydrogen-bond donors (Lipinski definition) is 3. The first kappa shape index (κ1) is 14.0. The molecule has 1 atom stereocenters. The third-order valence-electron chi connectivity index (χ3n) is 2.64. The summed E-state index contributed by atoms with van der Waals surface area (Å²) in [6.45, 7) is 0. The summed E-state index contributed by atoms with van der Waals surface area (Å²) < 4.78 is 0. The van der Waals surface area contributed by atoms with Gasteiger partial charge >= 0.3 is 5.97 Å². The number of aromatic nitrogens is 1. The molecule has 0 bridgehead atoms. The minimum Gasteiger partial charge on any atom is -0.508 e. The molecular formula is C13H12N2O4S. The molecule has 2 aromatic rings. The lowest BCUT2D eigenvalue weighted by Crippen LogP contribution is -2.42. The second-order valence-corrected chi connectivity index (χ2v) is 4.99. The Morgan fingerprint density at radius 3 is 2.55 bits per heavy atom. The van der Waals surface area contributed by atoms with Gasteiger partial charge in [0.1, 0.15) is 16.7 Å². The summed E-state index contributed by atoms with van der Waals surface area (Å²) in [5, 5.41) is 20.8. The minimum absolute atomic E-state index is 0.106. The summed E-state index contributed by atoms with van der Waals surface area (Å²) in [7, 11) is 0. The molecule has 2 rings (SSSR count). The Hall–Kier alpha value is -2.41. The fraction of sp³-hybridized carbons (Fsp3) is 0.154. The molecule has 0 saturated heterocycles. The van der Waals surface area contributed by atoms with E-state index in [1.54, 1.807) is 12.1 Å². The lowest BCUT2D eigenvalue weighted by Gasteiger charge is -2.14. The molecule has 1 aromatic carbocycles. The lowest BCUT2D eigenvalue weighted by atomic mass is 10.1. The molecule has 1 heterocycles. The van der Waals surface area contributed by atoms with Crippen molar-refractivity contribution < 1.29 is 19.8 Å². The monoisotopic (exact) mass is 292 g/mol. The van der Waals surface area contributed by atoms with Gasteiger partial charge in [0, 0.05) is 6.42 Å². The van der Waals surface area contributed by atoms with Crippen LogP contribution in [0.1, 0.15) is 15.2 Å². The summed E-state index contributed by atoms with van der Waals surface area (Å²) in [6, 6.07) is 5.14. The zero-order valence-corrected chi connectivity index (χ0v) is 11.1. The number of carboxylic acid groups (broad SMARTS) is 1. The Balaban J connectivity index is 2.06. The topological polar surface area (TPSA) is 99.5 Å². The molecule has 0 fully saturated rings. The summed E-state index contributed by atoms with van der Waals surface area (Å²) in [4.78, 5) is 27.2. The van der Waals surface area contributed by atoms with Crippen LogP contribution < -0.4 is 5.32 Å². The van der Waals surface area contributed by atoms with E-state index in [2.05, 4.69) is 10.3 Å². The Morgan fingerprint density at radius 1 is 1.30 bits per heavy atom. The number of aromatic hydroxyl groups is 1. The normalized spacial score (nSPS) is 11.8. The minimum atomic E-state index is -1.11. The highest BCUT2D eigenvalue weighted by atomic mass is 32.1. The number of hydrogen-bond acceptors (Lipinski definition) is 5. The van der Waals surface area contributed by atoms with E-state index in [4.69, 9.17) is 5.11 Å². The molecule has 20 heavy (non-hydrogen) atoms. The smallest absolute Gasteiger partial charge is 0.326 e. The third-order valence-corrected chi connectivity index (χ3v) is 3.41. The zero-order chi connectivity index (χ0) is 14.5. The summed E-state index contributed by atoms with van der Waals surface area (Å²) in [6.07, 6.45) is 1.53. The highest BCUT2D eigenvalue weighted by Crippen LogP contribution is 2.12. The maximum Gasteiger partial charge on any atom is 0.326 e. The molecule has 6 nitrogen and oxygen atoms in total. The van der Waals surface area contributed by atoms with E-state index in [9.17, 15) is 14.7 Å². The molecule has 0 spiro atoms. The van der Waals surface area contributed by atoms with Crippen molar-refractivity contribution in [2.45, 2.75) is 12.5 Å². The van der Waals surface area contributed by atoms with E-state index in [0.717, 1.165) is 11.3 Å². The number of nitrogens with one attached hydrogen (secondary N) is 1. The van der Waals surface area contributed by atoms with Gasteiger partial charge in [-0.1, -0.05) is 12.1 Å². The fourth-order valence-electron chi connectivity index (χ4n) is 1.63. The largest absolute Gasteiger partial charge is 0.508 e. The highest BCUT2D eigenvalue weighted by Gasteiger charge is 2.21. The Morgan fingerprint density at radius 2 is 2.00 bits per heavy atom. The van der Waals surface area contributed by atoms with Gasteiger partial charge in [-0.25, -0.2) is 4.79 Å². The van der Waals surface area contributed by atoms with E-state index in [-0.39, 0.29) is 12.2 Å². The van der Waals surface area contributed by atoms with E-state index in [1.165, 1.54) is 23.8 Å². The Labute approximate surface area is 118 Å². The van der Waals surface area contributed by atoms with Crippen LogP contribution in [0, 0.1) is 0 Å². The summed E-state index contributed by atoms with van der Waals surface area (Å²) in [5.41, 5.74) is 2.21. The van der Waals surface area contributed by atoms with E-state index >= 15 is 0 Å². The number of aliphatic carboxylic acids is 1. The van der Waals surface area contributed by atoms with Crippen molar-refractivity contribution in [3.63, 3.8) is 0 Å². The first-order valence-corrected chi connectivity index (χ1v) is 6.64. The zero-order valence-electron chi connectivity index (χ0n) is 10.3. The predicted octanol–water partition coefficient (Wildman–Crippen LogP) is 1.27. The van der Waals surface area contributed by atoms with Crippen molar-refractivity contribution in [2.24, 2.45) is 0 Å². The number of thiazole rings is 1. The van der Waals surface area contributed by atoms with Crippen molar-refractivity contribution in [1.29, 1.82) is 0 Å². The van der Waals surface area contributed by atoms with Crippen molar-refractivity contribution in [2.75, 3.05) is 0 Å². The van der Waals surface area contributed by atoms with Crippen LogP contribution in [-0.2, 0) is 11.2 Å². The number of amides is 1. The van der Waals surface area contributed by atoms with Gasteiger partial charge in [0.15, 0.2) is 0 Å². The molecule has 0 aliphatic carbocycles. The van der Waals surface area contributed by atoms with Crippen LogP contribution in [0.15, 0.2) is 36.0 Å². The molecular weight excluding hydrogens is 280 g/mol. The maximum atomic E-state index is 11.8. The number of nitrogens with zero attached hydrogens (tertiary/aromatic N) is 1. The Bertz CT molecular complexity index is 595. The average Bonchev–Trinajstić information content (AvgIpc) is 2.94. The van der Waals surface area contributed by atoms with Gasteiger partial charge < -0.3 is 15.5 Å². The number of benzene rings is 1. The van der Waals surface area contributed by atoms with Gasteiger partial charge in [-0.3, -0.25) is 9.78 Å². The molecule has 7 heteroatoms. The van der Waals surface area contributed by atoms with Gasteiger partial charge in [-0.05, 0) is 17.7 Å². The number of phenolic OH excluding ortho intramolecular Hbond substituents is 1. The van der Waals surface area contributed by atoms with E-state index in [1.807, 2.05) is 0 Å². The van der Waals surface area contributed by atoms with E-state index < -0.39 is 17.9 Å². The van der Waals surface area contributed by atoms with E-state index in [0.29, 0.717) is 10.4 Å². The second kappa shape index (κ2) is 6.16. The van der Waals surface area contributed by atoms with Crippen LogP contribution in [0.2, 0.25) is 0 Å². The molecule has 1 aromatic heterocycles. The van der Waals surface area contributed by atoms with Gasteiger partial charge in [0.05, 0.1) is 11.7 Å². The van der Waals surface area contributed by atoms with Gasteiger partial charge in [-0.2, -0.15) is 0 Å².